The SMILES string of the molecule is CC[C@@H]1CCCN(C(=O)N(P)c2ccc(OSC)cc2)C1. The number of urea groups is 1. The molecule has 1 aliphatic heterocycles. The van der Waals surface area contributed by atoms with Crippen LogP contribution in [0.2, 0.25) is 0 Å². The largest absolute Gasteiger partial charge is 0.426 e. The van der Waals surface area contributed by atoms with Gasteiger partial charge in [-0.3, -0.25) is 4.67 Å². The third-order valence-corrected chi connectivity index (χ3v) is 4.75. The normalized spacial score (nSPS) is 18.4. The first kappa shape index (κ1) is 16.4. The van der Waals surface area contributed by atoms with E-state index in [-0.39, 0.29) is 6.03 Å². The van der Waals surface area contributed by atoms with Crippen LogP contribution in [0.3, 0.4) is 0 Å². The van der Waals surface area contributed by atoms with E-state index in [1.54, 1.807) is 4.67 Å². The van der Waals surface area contributed by atoms with Crippen molar-refractivity contribution in [1.29, 1.82) is 0 Å². The third kappa shape index (κ3) is 4.27. The summed E-state index contributed by atoms with van der Waals surface area (Å²) in [5, 5.41) is 0. The Balaban J connectivity index is 2.01. The van der Waals surface area contributed by atoms with Gasteiger partial charge in [-0.25, -0.2) is 4.79 Å². The zero-order valence-corrected chi connectivity index (χ0v) is 14.6. The Hall–Kier alpha value is -0.930. The van der Waals surface area contributed by atoms with E-state index in [0.29, 0.717) is 5.92 Å². The number of likely N-dealkylation sites (tertiary alicyclic amines) is 1. The smallest absolute Gasteiger partial charge is 0.327 e. The molecule has 0 radical (unpaired) electrons. The number of anilines is 1. The van der Waals surface area contributed by atoms with Crippen LogP contribution in [0.5, 0.6) is 5.75 Å². The summed E-state index contributed by atoms with van der Waals surface area (Å²) in [7, 11) is 2.53. The van der Waals surface area contributed by atoms with Crippen molar-refractivity contribution < 1.29 is 8.98 Å². The molecule has 0 aliphatic carbocycles. The van der Waals surface area contributed by atoms with E-state index in [1.165, 1.54) is 18.5 Å². The van der Waals surface area contributed by atoms with Gasteiger partial charge < -0.3 is 9.08 Å². The topological polar surface area (TPSA) is 32.8 Å². The van der Waals surface area contributed by atoms with Crippen LogP contribution in [-0.2, 0) is 0 Å². The maximum Gasteiger partial charge on any atom is 0.327 e. The van der Waals surface area contributed by atoms with Gasteiger partial charge in [0.05, 0.1) is 12.0 Å². The van der Waals surface area contributed by atoms with E-state index in [9.17, 15) is 4.79 Å². The van der Waals surface area contributed by atoms with Gasteiger partial charge in [0.2, 0.25) is 0 Å². The third-order valence-electron chi connectivity index (χ3n) is 3.87. The summed E-state index contributed by atoms with van der Waals surface area (Å²) in [6, 6.07) is 7.61. The summed E-state index contributed by atoms with van der Waals surface area (Å²) < 4.78 is 6.98. The second kappa shape index (κ2) is 7.90. The first-order valence-electron chi connectivity index (χ1n) is 7.30. The summed E-state index contributed by atoms with van der Waals surface area (Å²) in [5.41, 5.74) is 0.858. The lowest BCUT2D eigenvalue weighted by molar-refractivity contribution is 0.173. The van der Waals surface area contributed by atoms with Crippen LogP contribution >= 0.6 is 21.4 Å². The van der Waals surface area contributed by atoms with Crippen molar-refractivity contribution in [3.05, 3.63) is 24.3 Å². The lowest BCUT2D eigenvalue weighted by atomic mass is 9.96. The van der Waals surface area contributed by atoms with Gasteiger partial charge in [-0.2, -0.15) is 0 Å². The summed E-state index contributed by atoms with van der Waals surface area (Å²) in [4.78, 5) is 14.5. The van der Waals surface area contributed by atoms with Crippen molar-refractivity contribution in [3.8, 4) is 5.75 Å². The Bertz CT molecular complexity index is 469. The Morgan fingerprint density at radius 3 is 2.81 bits per heavy atom. The highest BCUT2D eigenvalue weighted by Crippen LogP contribution is 2.27. The van der Waals surface area contributed by atoms with E-state index in [4.69, 9.17) is 4.18 Å². The molecular formula is C15H23N2O2PS. The lowest BCUT2D eigenvalue weighted by Crippen LogP contribution is -2.44. The highest BCUT2D eigenvalue weighted by molar-refractivity contribution is 7.94. The van der Waals surface area contributed by atoms with Gasteiger partial charge >= 0.3 is 6.03 Å². The van der Waals surface area contributed by atoms with E-state index in [0.717, 1.165) is 37.4 Å². The van der Waals surface area contributed by atoms with Gasteiger partial charge in [-0.05, 0) is 52.4 Å². The highest BCUT2D eigenvalue weighted by atomic mass is 32.2. The van der Waals surface area contributed by atoms with Crippen molar-refractivity contribution in [2.45, 2.75) is 26.2 Å². The number of carbonyl (C=O) groups is 1. The van der Waals surface area contributed by atoms with Crippen molar-refractivity contribution in [3.63, 3.8) is 0 Å². The number of hydrogen-bond donors (Lipinski definition) is 0. The number of carbonyl (C=O) groups excluding carboxylic acids is 1. The van der Waals surface area contributed by atoms with E-state index < -0.39 is 0 Å². The molecule has 1 aliphatic rings. The van der Waals surface area contributed by atoms with Crippen molar-refractivity contribution in [1.82, 2.24) is 4.90 Å². The Morgan fingerprint density at radius 1 is 1.48 bits per heavy atom. The maximum absolute atomic E-state index is 12.6. The fraction of sp³-hybridized carbons (Fsp3) is 0.533. The van der Waals surface area contributed by atoms with Gasteiger partial charge in [-0.1, -0.05) is 13.3 Å². The fourth-order valence-electron chi connectivity index (χ4n) is 2.59. The van der Waals surface area contributed by atoms with Crippen LogP contribution in [0, 0.1) is 5.92 Å². The van der Waals surface area contributed by atoms with Gasteiger partial charge in [0, 0.05) is 25.0 Å². The molecule has 1 unspecified atom stereocenters. The zero-order valence-electron chi connectivity index (χ0n) is 12.6. The summed E-state index contributed by atoms with van der Waals surface area (Å²) >= 11 is 1.31. The van der Waals surface area contributed by atoms with Gasteiger partial charge in [0.1, 0.15) is 5.75 Å². The summed E-state index contributed by atoms with van der Waals surface area (Å²) in [6.07, 6.45) is 5.35. The molecule has 1 fully saturated rings. The van der Waals surface area contributed by atoms with Crippen molar-refractivity contribution >= 4 is 33.2 Å². The highest BCUT2D eigenvalue weighted by Gasteiger charge is 2.25. The number of piperidine rings is 1. The van der Waals surface area contributed by atoms with Crippen LogP contribution in [-0.4, -0.2) is 30.3 Å². The number of hydrogen-bond acceptors (Lipinski definition) is 3. The minimum Gasteiger partial charge on any atom is -0.426 e. The standard InChI is InChI=1S/C15H23N2O2PS/c1-3-12-5-4-10-16(11-12)15(18)17(20)13-6-8-14(9-7-13)19-21-2/h6-9,12H,3-5,10-11,20H2,1-2H3/t12-/m1/s1. The molecule has 0 N–H and O–H groups in total. The molecular weight excluding hydrogens is 303 g/mol. The molecule has 2 rings (SSSR count). The van der Waals surface area contributed by atoms with Gasteiger partial charge in [-0.15, -0.1) is 0 Å². The van der Waals surface area contributed by atoms with Crippen LogP contribution in [0.4, 0.5) is 10.5 Å². The van der Waals surface area contributed by atoms with E-state index in [1.807, 2.05) is 35.4 Å². The van der Waals surface area contributed by atoms with E-state index in [2.05, 4.69) is 16.3 Å². The van der Waals surface area contributed by atoms with Gasteiger partial charge in [0.25, 0.3) is 0 Å². The molecule has 4 nitrogen and oxygen atoms in total. The predicted molar refractivity (Wildman–Crippen MR) is 92.8 cm³/mol. The lowest BCUT2D eigenvalue weighted by Gasteiger charge is -2.34. The minimum absolute atomic E-state index is 0.0525. The van der Waals surface area contributed by atoms with E-state index >= 15 is 0 Å². The number of benzene rings is 1. The average molecular weight is 326 g/mol. The van der Waals surface area contributed by atoms with Crippen molar-refractivity contribution in [2.24, 2.45) is 5.92 Å². The molecule has 1 aromatic rings. The number of amides is 2. The molecule has 0 saturated carbocycles. The monoisotopic (exact) mass is 326 g/mol. The van der Waals surface area contributed by atoms with Gasteiger partial charge in [0.15, 0.2) is 0 Å². The molecule has 0 aromatic heterocycles. The molecule has 1 heterocycles. The maximum atomic E-state index is 12.6. The van der Waals surface area contributed by atoms with Crippen LogP contribution in [0.1, 0.15) is 26.2 Å². The second-order valence-electron chi connectivity index (χ2n) is 5.26. The van der Waals surface area contributed by atoms with Crippen molar-refractivity contribution in [2.75, 3.05) is 24.0 Å². The molecule has 2 atom stereocenters. The number of rotatable bonds is 4. The van der Waals surface area contributed by atoms with Crippen LogP contribution in [0.25, 0.3) is 0 Å². The first-order valence-corrected chi connectivity index (χ1v) is 8.96. The molecule has 0 spiro atoms. The number of nitrogens with zero attached hydrogens (tertiary/aromatic N) is 2. The average Bonchev–Trinajstić information content (AvgIpc) is 2.54. The molecule has 116 valence electrons. The molecule has 1 saturated heterocycles. The second-order valence-corrected chi connectivity index (χ2v) is 6.28. The summed E-state index contributed by atoms with van der Waals surface area (Å²) in [5.74, 6) is 1.43. The Kier molecular flexibility index (Phi) is 6.19. The van der Waals surface area contributed by atoms with Crippen LogP contribution in [0.15, 0.2) is 24.3 Å². The molecule has 0 bridgehead atoms. The first-order chi connectivity index (χ1) is 10.2. The zero-order chi connectivity index (χ0) is 15.2. The fourth-order valence-corrected chi connectivity index (χ4v) is 3.23. The Labute approximate surface area is 133 Å². The quantitative estimate of drug-likeness (QED) is 0.614. The predicted octanol–water partition coefficient (Wildman–Crippen LogP) is 4.18. The van der Waals surface area contributed by atoms with Crippen LogP contribution < -0.4 is 8.85 Å². The molecule has 2 amide bonds. The Morgan fingerprint density at radius 2 is 2.19 bits per heavy atom. The molecule has 1 aromatic carbocycles. The molecule has 6 heteroatoms. The summed E-state index contributed by atoms with van der Waals surface area (Å²) in [6.45, 7) is 3.92. The molecule has 21 heavy (non-hydrogen) atoms. The minimum atomic E-state index is 0.0525.